The first-order chi connectivity index (χ1) is 5.95. The van der Waals surface area contributed by atoms with Crippen molar-refractivity contribution in [1.29, 1.82) is 0 Å². The fraction of sp³-hybridized carbons (Fsp3) is 0.286. The van der Waals surface area contributed by atoms with E-state index in [2.05, 4.69) is 4.98 Å². The molecule has 2 N–H and O–H groups in total. The first kappa shape index (κ1) is 13.5. The third-order valence-electron chi connectivity index (χ3n) is 1.48. The summed E-state index contributed by atoms with van der Waals surface area (Å²) in [6.45, 7) is -0.211. The van der Waals surface area contributed by atoms with Crippen LogP contribution >= 0.6 is 24.0 Å². The molecule has 0 aromatic carbocycles. The van der Waals surface area contributed by atoms with Crippen molar-refractivity contribution < 1.29 is 13.2 Å². The maximum absolute atomic E-state index is 12.2. The summed E-state index contributed by atoms with van der Waals surface area (Å²) >= 11 is 5.41. The molecule has 2 nitrogen and oxygen atoms in total. The van der Waals surface area contributed by atoms with Crippen LogP contribution < -0.4 is 5.73 Å². The first-order valence-electron chi connectivity index (χ1n) is 3.37. The van der Waals surface area contributed by atoms with Crippen LogP contribution in [-0.4, -0.2) is 4.98 Å². The molecular formula is C7H7Cl2F3N2. The smallest absolute Gasteiger partial charge is 0.326 e. The van der Waals surface area contributed by atoms with Crippen LogP contribution in [0.1, 0.15) is 11.1 Å². The highest BCUT2D eigenvalue weighted by molar-refractivity contribution is 6.29. The minimum absolute atomic E-state index is 0. The summed E-state index contributed by atoms with van der Waals surface area (Å²) in [6.07, 6.45) is -3.74. The van der Waals surface area contributed by atoms with Crippen LogP contribution in [0.2, 0.25) is 5.15 Å². The monoisotopic (exact) mass is 246 g/mol. The lowest BCUT2D eigenvalue weighted by Gasteiger charge is -2.10. The van der Waals surface area contributed by atoms with Gasteiger partial charge in [0.05, 0.1) is 5.56 Å². The molecule has 1 rings (SSSR count). The topological polar surface area (TPSA) is 38.9 Å². The van der Waals surface area contributed by atoms with Gasteiger partial charge in [0.25, 0.3) is 0 Å². The van der Waals surface area contributed by atoms with Crippen molar-refractivity contribution in [2.45, 2.75) is 12.7 Å². The van der Waals surface area contributed by atoms with Crippen LogP contribution in [0.25, 0.3) is 0 Å². The molecule has 7 heteroatoms. The molecule has 0 atom stereocenters. The molecule has 0 saturated heterocycles. The first-order valence-corrected chi connectivity index (χ1v) is 3.74. The van der Waals surface area contributed by atoms with Crippen molar-refractivity contribution in [2.24, 2.45) is 5.73 Å². The van der Waals surface area contributed by atoms with Gasteiger partial charge in [-0.2, -0.15) is 13.2 Å². The Balaban J connectivity index is 0.00000169. The lowest BCUT2D eigenvalue weighted by Crippen LogP contribution is -2.12. The average molecular weight is 247 g/mol. The minimum Gasteiger partial charge on any atom is -0.326 e. The van der Waals surface area contributed by atoms with Gasteiger partial charge in [0, 0.05) is 12.7 Å². The van der Waals surface area contributed by atoms with Gasteiger partial charge in [-0.1, -0.05) is 11.6 Å². The second kappa shape index (κ2) is 4.82. The van der Waals surface area contributed by atoms with Gasteiger partial charge in [0.15, 0.2) is 0 Å². The van der Waals surface area contributed by atoms with Gasteiger partial charge in [-0.3, -0.25) is 0 Å². The van der Waals surface area contributed by atoms with Gasteiger partial charge in [0.1, 0.15) is 5.15 Å². The standard InChI is InChI=1S/C7H6ClF3N2.ClH/c8-6-1-4(2-12)5(3-13-6)7(9,10)11;/h1,3H,2,12H2;1H. The second-order valence-electron chi connectivity index (χ2n) is 2.37. The third-order valence-corrected chi connectivity index (χ3v) is 1.69. The van der Waals surface area contributed by atoms with E-state index in [0.717, 1.165) is 6.07 Å². The van der Waals surface area contributed by atoms with Gasteiger partial charge in [-0.05, 0) is 11.6 Å². The van der Waals surface area contributed by atoms with Crippen LogP contribution in [-0.2, 0) is 12.7 Å². The van der Waals surface area contributed by atoms with E-state index in [0.29, 0.717) is 6.20 Å². The lowest BCUT2D eigenvalue weighted by atomic mass is 10.1. The molecule has 1 aromatic rings. The Hall–Kier alpha value is -0.520. The Labute approximate surface area is 89.7 Å². The minimum atomic E-state index is -4.42. The van der Waals surface area contributed by atoms with Crippen molar-refractivity contribution in [3.8, 4) is 0 Å². The molecule has 0 bridgehead atoms. The number of hydrogen-bond donors (Lipinski definition) is 1. The number of alkyl halides is 3. The Bertz CT molecular complexity index is 314. The van der Waals surface area contributed by atoms with Crippen molar-refractivity contribution in [3.63, 3.8) is 0 Å². The Kier molecular flexibility index (Phi) is 4.64. The number of nitrogens with two attached hydrogens (primary N) is 1. The average Bonchev–Trinajstić information content (AvgIpc) is 2.01. The highest BCUT2D eigenvalue weighted by atomic mass is 35.5. The van der Waals surface area contributed by atoms with Crippen molar-refractivity contribution in [1.82, 2.24) is 4.98 Å². The van der Waals surface area contributed by atoms with Crippen molar-refractivity contribution >= 4 is 24.0 Å². The molecule has 0 spiro atoms. The second-order valence-corrected chi connectivity index (χ2v) is 2.75. The molecule has 0 amide bonds. The summed E-state index contributed by atoms with van der Waals surface area (Å²) in [4.78, 5) is 3.34. The van der Waals surface area contributed by atoms with Crippen LogP contribution in [0.15, 0.2) is 12.3 Å². The fourth-order valence-corrected chi connectivity index (χ4v) is 1.07. The maximum Gasteiger partial charge on any atom is 0.418 e. The largest absolute Gasteiger partial charge is 0.418 e. The van der Waals surface area contributed by atoms with Crippen LogP contribution in [0, 0.1) is 0 Å². The van der Waals surface area contributed by atoms with E-state index < -0.39 is 11.7 Å². The number of pyridine rings is 1. The molecule has 0 unspecified atom stereocenters. The summed E-state index contributed by atoms with van der Waals surface area (Å²) in [7, 11) is 0. The molecule has 0 aliphatic rings. The molecule has 80 valence electrons. The van der Waals surface area contributed by atoms with E-state index in [9.17, 15) is 13.2 Å². The normalized spacial score (nSPS) is 10.9. The molecule has 0 saturated carbocycles. The molecule has 0 radical (unpaired) electrons. The van der Waals surface area contributed by atoms with E-state index >= 15 is 0 Å². The summed E-state index contributed by atoms with van der Waals surface area (Å²) < 4.78 is 36.7. The molecular weight excluding hydrogens is 240 g/mol. The van der Waals surface area contributed by atoms with Crippen LogP contribution in [0.5, 0.6) is 0 Å². The zero-order chi connectivity index (χ0) is 10.1. The van der Waals surface area contributed by atoms with Crippen LogP contribution in [0.4, 0.5) is 13.2 Å². The van der Waals surface area contributed by atoms with Crippen molar-refractivity contribution in [2.75, 3.05) is 0 Å². The van der Waals surface area contributed by atoms with E-state index in [-0.39, 0.29) is 29.7 Å². The van der Waals surface area contributed by atoms with E-state index in [1.807, 2.05) is 0 Å². The maximum atomic E-state index is 12.2. The Morgan fingerprint density at radius 3 is 2.43 bits per heavy atom. The van der Waals surface area contributed by atoms with E-state index in [1.54, 1.807) is 0 Å². The molecule has 0 fully saturated rings. The summed E-state index contributed by atoms with van der Waals surface area (Å²) in [5.74, 6) is 0. The molecule has 1 heterocycles. The summed E-state index contributed by atoms with van der Waals surface area (Å²) in [5, 5.41) is 0.00782. The predicted octanol–water partition coefficient (Wildman–Crippen LogP) is 2.63. The van der Waals surface area contributed by atoms with Crippen molar-refractivity contribution in [3.05, 3.63) is 28.5 Å². The molecule has 0 aliphatic carbocycles. The number of nitrogens with zero attached hydrogens (tertiary/aromatic N) is 1. The van der Waals surface area contributed by atoms with E-state index in [4.69, 9.17) is 17.3 Å². The third kappa shape index (κ3) is 3.01. The highest BCUT2D eigenvalue weighted by Gasteiger charge is 2.33. The Morgan fingerprint density at radius 1 is 1.43 bits per heavy atom. The zero-order valence-corrected chi connectivity index (χ0v) is 8.38. The van der Waals surface area contributed by atoms with Gasteiger partial charge < -0.3 is 5.73 Å². The number of hydrogen-bond acceptors (Lipinski definition) is 2. The summed E-state index contributed by atoms with van der Waals surface area (Å²) in [6, 6.07) is 1.12. The number of aromatic nitrogens is 1. The zero-order valence-electron chi connectivity index (χ0n) is 6.81. The predicted molar refractivity (Wildman–Crippen MR) is 49.4 cm³/mol. The quantitative estimate of drug-likeness (QED) is 0.774. The molecule has 1 aromatic heterocycles. The van der Waals surface area contributed by atoms with E-state index in [1.165, 1.54) is 0 Å². The SMILES string of the molecule is Cl.NCc1cc(Cl)ncc1C(F)(F)F. The van der Waals surface area contributed by atoms with Gasteiger partial charge in [-0.25, -0.2) is 4.98 Å². The summed E-state index contributed by atoms with van der Waals surface area (Å²) in [5.41, 5.74) is 4.25. The lowest BCUT2D eigenvalue weighted by molar-refractivity contribution is -0.138. The molecule has 14 heavy (non-hydrogen) atoms. The fourth-order valence-electron chi connectivity index (χ4n) is 0.892. The highest BCUT2D eigenvalue weighted by Crippen LogP contribution is 2.31. The van der Waals surface area contributed by atoms with Crippen LogP contribution in [0.3, 0.4) is 0 Å². The van der Waals surface area contributed by atoms with Gasteiger partial charge >= 0.3 is 6.18 Å². The number of rotatable bonds is 1. The molecule has 0 aliphatic heterocycles. The van der Waals surface area contributed by atoms with Gasteiger partial charge in [0.2, 0.25) is 0 Å². The number of halogens is 5. The van der Waals surface area contributed by atoms with Gasteiger partial charge in [-0.15, -0.1) is 12.4 Å². The Morgan fingerprint density at radius 2 is 2.00 bits per heavy atom.